The zero-order valence-electron chi connectivity index (χ0n) is 16.4. The molecule has 8 heteroatoms. The molecule has 0 spiro atoms. The Kier molecular flexibility index (Phi) is 4.75. The van der Waals surface area contributed by atoms with Crippen LogP contribution in [0, 0.1) is 12.8 Å². The lowest BCUT2D eigenvalue weighted by Crippen LogP contribution is -2.49. The van der Waals surface area contributed by atoms with Gasteiger partial charge in [-0.15, -0.1) is 0 Å². The van der Waals surface area contributed by atoms with Crippen molar-refractivity contribution < 1.29 is 9.59 Å². The van der Waals surface area contributed by atoms with Crippen LogP contribution in [-0.4, -0.2) is 95.9 Å². The van der Waals surface area contributed by atoms with Gasteiger partial charge in [0.2, 0.25) is 11.9 Å². The van der Waals surface area contributed by atoms with E-state index in [2.05, 4.69) is 26.8 Å². The van der Waals surface area contributed by atoms with Crippen LogP contribution in [-0.2, 0) is 4.79 Å². The van der Waals surface area contributed by atoms with Crippen LogP contribution in [0.5, 0.6) is 0 Å². The molecule has 0 aliphatic carbocycles. The molecule has 3 fully saturated rings. The third-order valence-electron chi connectivity index (χ3n) is 6.32. The zero-order valence-corrected chi connectivity index (χ0v) is 16.4. The Morgan fingerprint density at radius 1 is 1.15 bits per heavy atom. The van der Waals surface area contributed by atoms with Crippen molar-refractivity contribution in [1.82, 2.24) is 24.7 Å². The summed E-state index contributed by atoms with van der Waals surface area (Å²) in [6, 6.07) is 0.140. The lowest BCUT2D eigenvalue weighted by atomic mass is 9.92. The molecule has 0 unspecified atom stereocenters. The number of likely N-dealkylation sites (N-methyl/N-ethyl adjacent to an activating group) is 2. The van der Waals surface area contributed by atoms with Crippen LogP contribution in [0.25, 0.3) is 0 Å². The maximum atomic E-state index is 13.1. The predicted molar refractivity (Wildman–Crippen MR) is 102 cm³/mol. The number of aryl methyl sites for hydroxylation is 1. The van der Waals surface area contributed by atoms with Gasteiger partial charge < -0.3 is 19.6 Å². The molecule has 27 heavy (non-hydrogen) atoms. The topological polar surface area (TPSA) is 72.9 Å². The molecule has 3 aliphatic rings. The Bertz CT molecular complexity index is 746. The van der Waals surface area contributed by atoms with Crippen LogP contribution < -0.4 is 4.90 Å². The lowest BCUT2D eigenvalue weighted by molar-refractivity contribution is -0.127. The molecule has 2 atom stereocenters. The molecule has 3 saturated heterocycles. The maximum Gasteiger partial charge on any atom is 0.257 e. The Morgan fingerprint density at radius 3 is 2.59 bits per heavy atom. The monoisotopic (exact) mass is 372 g/mol. The highest BCUT2D eigenvalue weighted by Gasteiger charge is 2.42. The molecule has 0 radical (unpaired) electrons. The molecule has 1 aromatic heterocycles. The van der Waals surface area contributed by atoms with Crippen LogP contribution in [0.3, 0.4) is 0 Å². The van der Waals surface area contributed by atoms with Gasteiger partial charge in [-0.05, 0) is 26.3 Å². The molecule has 0 bridgehead atoms. The van der Waals surface area contributed by atoms with Crippen molar-refractivity contribution in [2.45, 2.75) is 25.8 Å². The summed E-state index contributed by atoms with van der Waals surface area (Å²) in [6.45, 7) is 6.97. The number of aromatic nitrogens is 2. The van der Waals surface area contributed by atoms with E-state index in [0.717, 1.165) is 38.3 Å². The highest BCUT2D eigenvalue weighted by Crippen LogP contribution is 2.32. The molecule has 3 aliphatic heterocycles. The number of carbonyl (C=O) groups excluding carboxylic acids is 2. The summed E-state index contributed by atoms with van der Waals surface area (Å²) in [7, 11) is 3.96. The molecule has 4 rings (SSSR count). The number of fused-ring (bicyclic) bond motifs is 1. The quantitative estimate of drug-likeness (QED) is 0.740. The fraction of sp³-hybridized carbons (Fsp3) is 0.684. The first kappa shape index (κ1) is 18.2. The summed E-state index contributed by atoms with van der Waals surface area (Å²) in [5.74, 6) is 1.25. The number of carbonyl (C=O) groups is 2. The van der Waals surface area contributed by atoms with E-state index in [4.69, 9.17) is 0 Å². The van der Waals surface area contributed by atoms with E-state index in [1.807, 2.05) is 23.8 Å². The Labute approximate surface area is 160 Å². The number of nitrogens with zero attached hydrogens (tertiary/aromatic N) is 6. The van der Waals surface area contributed by atoms with Gasteiger partial charge >= 0.3 is 0 Å². The van der Waals surface area contributed by atoms with Crippen molar-refractivity contribution in [3.63, 3.8) is 0 Å². The van der Waals surface area contributed by atoms with Gasteiger partial charge in [0.1, 0.15) is 0 Å². The van der Waals surface area contributed by atoms with Crippen LogP contribution >= 0.6 is 0 Å². The fourth-order valence-corrected chi connectivity index (χ4v) is 4.39. The summed E-state index contributed by atoms with van der Waals surface area (Å²) in [5, 5.41) is 0. The molecule has 8 nitrogen and oxygen atoms in total. The van der Waals surface area contributed by atoms with E-state index in [9.17, 15) is 9.59 Å². The van der Waals surface area contributed by atoms with Gasteiger partial charge in [-0.1, -0.05) is 0 Å². The second kappa shape index (κ2) is 7.07. The first-order chi connectivity index (χ1) is 12.9. The van der Waals surface area contributed by atoms with Crippen LogP contribution in [0.15, 0.2) is 6.20 Å². The summed E-state index contributed by atoms with van der Waals surface area (Å²) in [5.41, 5.74) is 1.29. The van der Waals surface area contributed by atoms with Crippen LogP contribution in [0.4, 0.5) is 5.95 Å². The molecule has 146 valence electrons. The number of likely N-dealkylation sites (tertiary alicyclic amines) is 2. The number of piperidine rings is 1. The average Bonchev–Trinajstić information content (AvgIpc) is 2.95. The second-order valence-corrected chi connectivity index (χ2v) is 8.04. The number of piperazine rings is 1. The van der Waals surface area contributed by atoms with Crippen LogP contribution in [0.2, 0.25) is 0 Å². The van der Waals surface area contributed by atoms with Gasteiger partial charge in [0.05, 0.1) is 17.3 Å². The van der Waals surface area contributed by atoms with E-state index in [-0.39, 0.29) is 17.9 Å². The van der Waals surface area contributed by atoms with E-state index >= 15 is 0 Å². The molecule has 0 saturated carbocycles. The maximum absolute atomic E-state index is 13.1. The standard InChI is InChI=1S/C19H28N6O2/c1-13-15(11-20-19(21-13)24-8-6-22(2)7-9-24)18(27)25-5-4-14-10-17(26)23(3)16(14)12-25/h11,14,16H,4-10,12H2,1-3H3/t14-,16-/m1/s1. The van der Waals surface area contributed by atoms with Crippen molar-refractivity contribution in [3.8, 4) is 0 Å². The lowest BCUT2D eigenvalue weighted by Gasteiger charge is -2.37. The predicted octanol–water partition coefficient (Wildman–Crippen LogP) is 0.230. The fourth-order valence-electron chi connectivity index (χ4n) is 4.39. The molecule has 2 amide bonds. The zero-order chi connectivity index (χ0) is 19.1. The Morgan fingerprint density at radius 2 is 1.89 bits per heavy atom. The van der Waals surface area contributed by atoms with Gasteiger partial charge in [-0.2, -0.15) is 0 Å². The van der Waals surface area contributed by atoms with E-state index < -0.39 is 0 Å². The normalized spacial score (nSPS) is 26.5. The number of rotatable bonds is 2. The van der Waals surface area contributed by atoms with E-state index in [1.165, 1.54) is 0 Å². The molecule has 0 aromatic carbocycles. The molecular formula is C19H28N6O2. The van der Waals surface area contributed by atoms with Gasteiger partial charge in [-0.3, -0.25) is 9.59 Å². The SMILES string of the molecule is Cc1nc(N2CCN(C)CC2)ncc1C(=O)N1CC[C@@H]2CC(=O)N(C)[C@@H]2C1. The summed E-state index contributed by atoms with van der Waals surface area (Å²) < 4.78 is 0. The molecule has 4 heterocycles. The van der Waals surface area contributed by atoms with Crippen molar-refractivity contribution >= 4 is 17.8 Å². The largest absolute Gasteiger partial charge is 0.341 e. The van der Waals surface area contributed by atoms with Crippen molar-refractivity contribution in [1.29, 1.82) is 0 Å². The number of hydrogen-bond acceptors (Lipinski definition) is 6. The van der Waals surface area contributed by atoms with Gasteiger partial charge in [-0.25, -0.2) is 9.97 Å². The second-order valence-electron chi connectivity index (χ2n) is 8.04. The summed E-state index contributed by atoms with van der Waals surface area (Å²) >= 11 is 0. The molecular weight excluding hydrogens is 344 g/mol. The third kappa shape index (κ3) is 3.38. The minimum absolute atomic E-state index is 0.0244. The summed E-state index contributed by atoms with van der Waals surface area (Å²) in [6.07, 6.45) is 3.17. The van der Waals surface area contributed by atoms with E-state index in [0.29, 0.717) is 36.9 Å². The first-order valence-corrected chi connectivity index (χ1v) is 9.76. The number of hydrogen-bond donors (Lipinski definition) is 0. The van der Waals surface area contributed by atoms with Crippen molar-refractivity contribution in [3.05, 3.63) is 17.5 Å². The van der Waals surface area contributed by atoms with Gasteiger partial charge in [0, 0.05) is 58.9 Å². The molecule has 1 aromatic rings. The number of amides is 2. The first-order valence-electron chi connectivity index (χ1n) is 9.76. The van der Waals surface area contributed by atoms with Gasteiger partial charge in [0.25, 0.3) is 5.91 Å². The number of anilines is 1. The molecule has 0 N–H and O–H groups in total. The van der Waals surface area contributed by atoms with Crippen molar-refractivity contribution in [2.75, 3.05) is 58.3 Å². The average molecular weight is 372 g/mol. The van der Waals surface area contributed by atoms with Crippen LogP contribution in [0.1, 0.15) is 28.9 Å². The Balaban J connectivity index is 1.47. The minimum atomic E-state index is -0.0244. The highest BCUT2D eigenvalue weighted by atomic mass is 16.2. The van der Waals surface area contributed by atoms with E-state index in [1.54, 1.807) is 6.20 Å². The summed E-state index contributed by atoms with van der Waals surface area (Å²) in [4.78, 5) is 42.2. The Hall–Kier alpha value is -2.22. The third-order valence-corrected chi connectivity index (χ3v) is 6.32. The highest BCUT2D eigenvalue weighted by molar-refractivity contribution is 5.95. The van der Waals surface area contributed by atoms with Gasteiger partial charge in [0.15, 0.2) is 0 Å². The smallest absolute Gasteiger partial charge is 0.257 e. The van der Waals surface area contributed by atoms with Crippen molar-refractivity contribution in [2.24, 2.45) is 5.92 Å². The minimum Gasteiger partial charge on any atom is -0.341 e.